The third kappa shape index (κ3) is 7.25. The first-order chi connectivity index (χ1) is 9.06. The monoisotopic (exact) mass is 274 g/mol. The van der Waals surface area contributed by atoms with Crippen LogP contribution in [0.2, 0.25) is 0 Å². The van der Waals surface area contributed by atoms with Crippen LogP contribution in [-0.2, 0) is 4.74 Å². The van der Waals surface area contributed by atoms with Gasteiger partial charge in [-0.25, -0.2) is 0 Å². The molecule has 0 aromatic carbocycles. The lowest BCUT2D eigenvalue weighted by Gasteiger charge is -2.32. The molecule has 0 aliphatic heterocycles. The Morgan fingerprint density at radius 1 is 1.21 bits per heavy atom. The second-order valence-electron chi connectivity index (χ2n) is 5.48. The summed E-state index contributed by atoms with van der Waals surface area (Å²) >= 11 is 0. The SMILES string of the molecule is CCC(CC)N(CCCC(N)(CC)CO)CCOC. The van der Waals surface area contributed by atoms with Gasteiger partial charge in [-0.3, -0.25) is 4.90 Å². The van der Waals surface area contributed by atoms with Crippen molar-refractivity contribution in [1.82, 2.24) is 4.90 Å². The summed E-state index contributed by atoms with van der Waals surface area (Å²) in [5.74, 6) is 0. The second-order valence-corrected chi connectivity index (χ2v) is 5.48. The van der Waals surface area contributed by atoms with E-state index in [1.165, 1.54) is 12.8 Å². The Balaban J connectivity index is 4.24. The van der Waals surface area contributed by atoms with Gasteiger partial charge in [-0.1, -0.05) is 20.8 Å². The lowest BCUT2D eigenvalue weighted by Crippen LogP contribution is -2.44. The van der Waals surface area contributed by atoms with E-state index in [1.54, 1.807) is 7.11 Å². The predicted octanol–water partition coefficient (Wildman–Crippen LogP) is 2.00. The molecule has 0 heterocycles. The second kappa shape index (κ2) is 10.6. The minimum atomic E-state index is -0.402. The van der Waals surface area contributed by atoms with Gasteiger partial charge in [-0.05, 0) is 38.6 Å². The summed E-state index contributed by atoms with van der Waals surface area (Å²) in [6, 6.07) is 0.623. The van der Waals surface area contributed by atoms with Crippen molar-refractivity contribution in [3.05, 3.63) is 0 Å². The molecular weight excluding hydrogens is 240 g/mol. The zero-order valence-electron chi connectivity index (χ0n) is 13.3. The van der Waals surface area contributed by atoms with Crippen LogP contribution in [0.3, 0.4) is 0 Å². The summed E-state index contributed by atoms with van der Waals surface area (Å²) in [6.45, 7) is 9.38. The maximum atomic E-state index is 9.33. The molecule has 0 fully saturated rings. The summed E-state index contributed by atoms with van der Waals surface area (Å²) in [7, 11) is 1.75. The van der Waals surface area contributed by atoms with Crippen molar-refractivity contribution in [2.75, 3.05) is 33.4 Å². The number of hydrogen-bond donors (Lipinski definition) is 2. The lowest BCUT2D eigenvalue weighted by atomic mass is 9.92. The molecule has 0 saturated heterocycles. The number of rotatable bonds is 12. The third-order valence-corrected chi connectivity index (χ3v) is 4.18. The van der Waals surface area contributed by atoms with Gasteiger partial charge in [-0.2, -0.15) is 0 Å². The molecular formula is C15H34N2O2. The largest absolute Gasteiger partial charge is 0.394 e. The van der Waals surface area contributed by atoms with Crippen molar-refractivity contribution < 1.29 is 9.84 Å². The van der Waals surface area contributed by atoms with Gasteiger partial charge < -0.3 is 15.6 Å². The van der Waals surface area contributed by atoms with E-state index in [9.17, 15) is 5.11 Å². The molecule has 1 atom stereocenters. The van der Waals surface area contributed by atoms with Crippen molar-refractivity contribution in [2.45, 2.75) is 64.5 Å². The van der Waals surface area contributed by atoms with Gasteiger partial charge in [0.25, 0.3) is 0 Å². The van der Waals surface area contributed by atoms with E-state index in [1.807, 2.05) is 6.92 Å². The van der Waals surface area contributed by atoms with Gasteiger partial charge in [0, 0.05) is 25.2 Å². The van der Waals surface area contributed by atoms with E-state index in [0.29, 0.717) is 6.04 Å². The molecule has 0 aromatic heterocycles. The Morgan fingerprint density at radius 3 is 2.26 bits per heavy atom. The Hall–Kier alpha value is -0.160. The van der Waals surface area contributed by atoms with E-state index < -0.39 is 5.54 Å². The molecule has 4 nitrogen and oxygen atoms in total. The highest BCUT2D eigenvalue weighted by Crippen LogP contribution is 2.16. The van der Waals surface area contributed by atoms with Crippen LogP contribution in [0.4, 0.5) is 0 Å². The van der Waals surface area contributed by atoms with Gasteiger partial charge in [-0.15, -0.1) is 0 Å². The van der Waals surface area contributed by atoms with Crippen LogP contribution in [0.1, 0.15) is 52.9 Å². The van der Waals surface area contributed by atoms with Crippen molar-refractivity contribution in [1.29, 1.82) is 0 Å². The molecule has 4 heteroatoms. The predicted molar refractivity (Wildman–Crippen MR) is 81.3 cm³/mol. The molecule has 1 unspecified atom stereocenters. The molecule has 0 saturated carbocycles. The fraction of sp³-hybridized carbons (Fsp3) is 1.00. The highest BCUT2D eigenvalue weighted by molar-refractivity contribution is 4.82. The van der Waals surface area contributed by atoms with Crippen LogP contribution in [-0.4, -0.2) is 55.0 Å². The molecule has 0 rings (SSSR count). The van der Waals surface area contributed by atoms with Crippen molar-refractivity contribution in [2.24, 2.45) is 5.73 Å². The zero-order chi connectivity index (χ0) is 14.7. The molecule has 116 valence electrons. The minimum Gasteiger partial charge on any atom is -0.394 e. The first kappa shape index (κ1) is 18.8. The maximum Gasteiger partial charge on any atom is 0.0611 e. The van der Waals surface area contributed by atoms with Crippen molar-refractivity contribution in [3.63, 3.8) is 0 Å². The van der Waals surface area contributed by atoms with Crippen LogP contribution in [0.5, 0.6) is 0 Å². The molecule has 0 amide bonds. The number of nitrogens with zero attached hydrogens (tertiary/aromatic N) is 1. The Morgan fingerprint density at radius 2 is 1.84 bits per heavy atom. The summed E-state index contributed by atoms with van der Waals surface area (Å²) in [4.78, 5) is 2.50. The Bertz CT molecular complexity index is 204. The van der Waals surface area contributed by atoms with E-state index in [0.717, 1.165) is 39.0 Å². The standard InChI is InChI=1S/C15H34N2O2/c1-5-14(6-2)17(11-12-19-4)10-8-9-15(16,7-3)13-18/h14,18H,5-13,16H2,1-4H3. The van der Waals surface area contributed by atoms with E-state index in [4.69, 9.17) is 10.5 Å². The first-order valence-corrected chi connectivity index (χ1v) is 7.69. The Labute approximate surface area is 119 Å². The zero-order valence-corrected chi connectivity index (χ0v) is 13.3. The molecule has 0 radical (unpaired) electrons. The quantitative estimate of drug-likeness (QED) is 0.571. The highest BCUT2D eigenvalue weighted by Gasteiger charge is 2.22. The average Bonchev–Trinajstić information content (AvgIpc) is 2.45. The van der Waals surface area contributed by atoms with E-state index in [-0.39, 0.29) is 6.61 Å². The number of aliphatic hydroxyl groups is 1. The summed E-state index contributed by atoms with van der Waals surface area (Å²) < 4.78 is 5.19. The topological polar surface area (TPSA) is 58.7 Å². The smallest absolute Gasteiger partial charge is 0.0611 e. The van der Waals surface area contributed by atoms with E-state index >= 15 is 0 Å². The minimum absolute atomic E-state index is 0.0759. The number of nitrogens with two attached hydrogens (primary N) is 1. The van der Waals surface area contributed by atoms with Crippen LogP contribution in [0, 0.1) is 0 Å². The van der Waals surface area contributed by atoms with Gasteiger partial charge in [0.1, 0.15) is 0 Å². The Kier molecular flexibility index (Phi) is 10.5. The molecule has 0 spiro atoms. The summed E-state index contributed by atoms with van der Waals surface area (Å²) in [5, 5.41) is 9.33. The summed E-state index contributed by atoms with van der Waals surface area (Å²) in [5.41, 5.74) is 5.73. The van der Waals surface area contributed by atoms with Gasteiger partial charge >= 0.3 is 0 Å². The van der Waals surface area contributed by atoms with Gasteiger partial charge in [0.2, 0.25) is 0 Å². The lowest BCUT2D eigenvalue weighted by molar-refractivity contribution is 0.108. The number of methoxy groups -OCH3 is 1. The van der Waals surface area contributed by atoms with Crippen molar-refractivity contribution >= 4 is 0 Å². The molecule has 0 bridgehead atoms. The van der Waals surface area contributed by atoms with Crippen LogP contribution in [0.25, 0.3) is 0 Å². The number of ether oxygens (including phenoxy) is 1. The molecule has 0 aliphatic rings. The fourth-order valence-electron chi connectivity index (χ4n) is 2.49. The molecule has 0 aliphatic carbocycles. The van der Waals surface area contributed by atoms with Gasteiger partial charge in [0.15, 0.2) is 0 Å². The van der Waals surface area contributed by atoms with Crippen LogP contribution < -0.4 is 5.73 Å². The number of hydrogen-bond acceptors (Lipinski definition) is 4. The first-order valence-electron chi connectivity index (χ1n) is 7.69. The van der Waals surface area contributed by atoms with E-state index in [2.05, 4.69) is 18.7 Å². The normalized spacial score (nSPS) is 15.2. The van der Waals surface area contributed by atoms with Crippen molar-refractivity contribution in [3.8, 4) is 0 Å². The third-order valence-electron chi connectivity index (χ3n) is 4.18. The maximum absolute atomic E-state index is 9.33. The molecule has 0 aromatic rings. The van der Waals surface area contributed by atoms with Crippen LogP contribution >= 0.6 is 0 Å². The molecule has 19 heavy (non-hydrogen) atoms. The van der Waals surface area contributed by atoms with Crippen LogP contribution in [0.15, 0.2) is 0 Å². The highest BCUT2D eigenvalue weighted by atomic mass is 16.5. The van der Waals surface area contributed by atoms with Gasteiger partial charge in [0.05, 0.1) is 13.2 Å². The fourth-order valence-corrected chi connectivity index (χ4v) is 2.49. The summed E-state index contributed by atoms with van der Waals surface area (Å²) in [6.07, 6.45) is 5.07. The molecule has 3 N–H and O–H groups in total. The number of aliphatic hydroxyl groups excluding tert-OH is 1. The average molecular weight is 274 g/mol.